The average molecular weight is 265 g/mol. The van der Waals surface area contributed by atoms with Gasteiger partial charge in [0.15, 0.2) is 0 Å². The van der Waals surface area contributed by atoms with E-state index in [0.29, 0.717) is 0 Å². The summed E-state index contributed by atoms with van der Waals surface area (Å²) in [6.07, 6.45) is 4.70. The Balaban J connectivity index is 2.38. The fourth-order valence-electron chi connectivity index (χ4n) is 2.89. The lowest BCUT2D eigenvalue weighted by atomic mass is 9.85. The van der Waals surface area contributed by atoms with Gasteiger partial charge in [0.2, 0.25) is 0 Å². The summed E-state index contributed by atoms with van der Waals surface area (Å²) in [5, 5.41) is 0. The minimum absolute atomic E-state index is 1.16. The molecule has 2 aromatic carbocycles. The smallest absolute Gasteiger partial charge is 0.0314 e. The van der Waals surface area contributed by atoms with Crippen LogP contribution in [-0.4, -0.2) is 0 Å². The van der Waals surface area contributed by atoms with Gasteiger partial charge in [-0.1, -0.05) is 82.1 Å². The van der Waals surface area contributed by atoms with Crippen molar-refractivity contribution in [2.45, 2.75) is 46.5 Å². The molecule has 0 heterocycles. The van der Waals surface area contributed by atoms with Crippen molar-refractivity contribution in [3.8, 4) is 0 Å². The lowest BCUT2D eigenvalue weighted by Crippen LogP contribution is -2.05. The maximum absolute atomic E-state index is 2.27. The van der Waals surface area contributed by atoms with Crippen molar-refractivity contribution in [2.75, 3.05) is 0 Å². The quantitative estimate of drug-likeness (QED) is 0.639. The van der Waals surface area contributed by atoms with Crippen molar-refractivity contribution in [3.63, 3.8) is 0 Å². The lowest BCUT2D eigenvalue weighted by molar-refractivity contribution is 0.893. The standard InChI is InChI=1S/C20H25/c1-4-10-17-12-6-8-14-19(17)16(3)20-15-9-7-13-18(20)11-5-2/h6-9,12-15H,4-5,10-11H2,1-3H3. The number of hydrogen-bond donors (Lipinski definition) is 0. The van der Waals surface area contributed by atoms with Crippen molar-refractivity contribution in [3.05, 3.63) is 76.7 Å². The van der Waals surface area contributed by atoms with Gasteiger partial charge in [-0.15, -0.1) is 0 Å². The van der Waals surface area contributed by atoms with E-state index in [1.807, 2.05) is 0 Å². The Labute approximate surface area is 123 Å². The van der Waals surface area contributed by atoms with E-state index < -0.39 is 0 Å². The van der Waals surface area contributed by atoms with Crippen molar-refractivity contribution >= 4 is 0 Å². The minimum Gasteiger partial charge on any atom is -0.0651 e. The van der Waals surface area contributed by atoms with E-state index >= 15 is 0 Å². The van der Waals surface area contributed by atoms with Gasteiger partial charge in [-0.2, -0.15) is 0 Å². The molecule has 0 bridgehead atoms. The second-order valence-corrected chi connectivity index (χ2v) is 5.44. The predicted molar refractivity (Wildman–Crippen MR) is 88.0 cm³/mol. The molecule has 0 saturated carbocycles. The molecule has 0 atom stereocenters. The molecule has 0 aromatic heterocycles. The third kappa shape index (κ3) is 3.30. The van der Waals surface area contributed by atoms with E-state index in [9.17, 15) is 0 Å². The van der Waals surface area contributed by atoms with Crippen LogP contribution in [-0.2, 0) is 12.8 Å². The molecule has 0 nitrogen and oxygen atoms in total. The third-order valence-electron chi connectivity index (χ3n) is 3.88. The molecule has 0 saturated heterocycles. The fourth-order valence-corrected chi connectivity index (χ4v) is 2.89. The van der Waals surface area contributed by atoms with Crippen LogP contribution in [0.1, 0.15) is 55.9 Å². The van der Waals surface area contributed by atoms with Gasteiger partial charge in [-0.25, -0.2) is 0 Å². The van der Waals surface area contributed by atoms with E-state index in [1.54, 1.807) is 0 Å². The van der Waals surface area contributed by atoms with E-state index in [-0.39, 0.29) is 0 Å². The van der Waals surface area contributed by atoms with Gasteiger partial charge >= 0.3 is 0 Å². The summed E-state index contributed by atoms with van der Waals surface area (Å²) < 4.78 is 0. The molecule has 20 heavy (non-hydrogen) atoms. The van der Waals surface area contributed by atoms with E-state index in [4.69, 9.17) is 0 Å². The number of aryl methyl sites for hydroxylation is 2. The van der Waals surface area contributed by atoms with E-state index in [2.05, 4.69) is 69.3 Å². The summed E-state index contributed by atoms with van der Waals surface area (Å²) in [6.45, 7) is 6.76. The molecular formula is C20H25. The molecule has 0 unspecified atom stereocenters. The van der Waals surface area contributed by atoms with Crippen molar-refractivity contribution in [1.29, 1.82) is 0 Å². The Hall–Kier alpha value is -1.56. The first-order valence-corrected chi connectivity index (χ1v) is 7.78. The van der Waals surface area contributed by atoms with Crippen LogP contribution in [0.2, 0.25) is 0 Å². The van der Waals surface area contributed by atoms with Gasteiger partial charge in [0.1, 0.15) is 0 Å². The maximum Gasteiger partial charge on any atom is 0.0314 e. The van der Waals surface area contributed by atoms with Crippen LogP contribution in [0.3, 0.4) is 0 Å². The summed E-state index contributed by atoms with van der Waals surface area (Å²) in [5.74, 6) is 1.41. The van der Waals surface area contributed by atoms with Crippen LogP contribution in [0.15, 0.2) is 48.5 Å². The molecule has 0 aliphatic heterocycles. The van der Waals surface area contributed by atoms with E-state index in [1.165, 1.54) is 41.0 Å². The normalized spacial score (nSPS) is 11.0. The highest BCUT2D eigenvalue weighted by atomic mass is 14.2. The Bertz CT molecular complexity index is 490. The molecule has 105 valence electrons. The lowest BCUT2D eigenvalue weighted by Gasteiger charge is -2.19. The van der Waals surface area contributed by atoms with Gasteiger partial charge in [0.05, 0.1) is 0 Å². The molecule has 2 rings (SSSR count). The summed E-state index contributed by atoms with van der Waals surface area (Å²) in [6, 6.07) is 17.7. The van der Waals surface area contributed by atoms with Crippen molar-refractivity contribution < 1.29 is 0 Å². The molecule has 0 aliphatic carbocycles. The zero-order chi connectivity index (χ0) is 14.4. The first-order valence-electron chi connectivity index (χ1n) is 7.78. The van der Waals surface area contributed by atoms with Crippen molar-refractivity contribution in [1.82, 2.24) is 0 Å². The minimum atomic E-state index is 1.16. The molecule has 0 spiro atoms. The largest absolute Gasteiger partial charge is 0.0651 e. The maximum atomic E-state index is 2.27. The highest BCUT2D eigenvalue weighted by Gasteiger charge is 2.15. The first kappa shape index (κ1) is 14.8. The second-order valence-electron chi connectivity index (χ2n) is 5.44. The summed E-state index contributed by atoms with van der Waals surface area (Å²) in [4.78, 5) is 0. The Morgan fingerprint density at radius 1 is 0.700 bits per heavy atom. The summed E-state index contributed by atoms with van der Waals surface area (Å²) >= 11 is 0. The highest BCUT2D eigenvalue weighted by Crippen LogP contribution is 2.29. The zero-order valence-electron chi connectivity index (χ0n) is 12.9. The monoisotopic (exact) mass is 265 g/mol. The zero-order valence-corrected chi connectivity index (χ0v) is 12.9. The molecule has 0 aliphatic rings. The van der Waals surface area contributed by atoms with Crippen molar-refractivity contribution in [2.24, 2.45) is 0 Å². The Kier molecular flexibility index (Phi) is 5.40. The topological polar surface area (TPSA) is 0 Å². The molecule has 0 fully saturated rings. The second kappa shape index (κ2) is 7.28. The number of rotatable bonds is 6. The first-order chi connectivity index (χ1) is 9.77. The SMILES string of the molecule is CCCc1ccccc1[C](C)c1ccccc1CCC. The van der Waals surface area contributed by atoms with E-state index in [0.717, 1.165) is 12.8 Å². The number of hydrogen-bond acceptors (Lipinski definition) is 0. The van der Waals surface area contributed by atoms with Crippen LogP contribution in [0.5, 0.6) is 0 Å². The van der Waals surface area contributed by atoms with Gasteiger partial charge in [-0.3, -0.25) is 0 Å². The molecule has 0 N–H and O–H groups in total. The van der Waals surface area contributed by atoms with Crippen LogP contribution in [0.25, 0.3) is 0 Å². The molecule has 0 heteroatoms. The molecule has 0 amide bonds. The van der Waals surface area contributed by atoms with Crippen LogP contribution < -0.4 is 0 Å². The molecule has 2 aromatic rings. The molecule has 1 radical (unpaired) electrons. The van der Waals surface area contributed by atoms with Gasteiger partial charge < -0.3 is 0 Å². The van der Waals surface area contributed by atoms with Gasteiger partial charge in [0.25, 0.3) is 0 Å². The average Bonchev–Trinajstić information content (AvgIpc) is 2.48. The van der Waals surface area contributed by atoms with Crippen LogP contribution in [0, 0.1) is 5.92 Å². The van der Waals surface area contributed by atoms with Crippen LogP contribution in [0.4, 0.5) is 0 Å². The Morgan fingerprint density at radius 3 is 1.50 bits per heavy atom. The third-order valence-corrected chi connectivity index (χ3v) is 3.88. The van der Waals surface area contributed by atoms with Gasteiger partial charge in [-0.05, 0) is 35.1 Å². The predicted octanol–water partition coefficient (Wildman–Crippen LogP) is 5.58. The van der Waals surface area contributed by atoms with Gasteiger partial charge in [0, 0.05) is 5.92 Å². The summed E-state index contributed by atoms with van der Waals surface area (Å²) in [7, 11) is 0. The summed E-state index contributed by atoms with van der Waals surface area (Å²) in [5.41, 5.74) is 5.77. The number of benzene rings is 2. The molecular weight excluding hydrogens is 240 g/mol. The highest BCUT2D eigenvalue weighted by molar-refractivity contribution is 5.51. The fraction of sp³-hybridized carbons (Fsp3) is 0.350. The Morgan fingerprint density at radius 2 is 1.10 bits per heavy atom. The van der Waals surface area contributed by atoms with Crippen LogP contribution >= 0.6 is 0 Å².